The molecule has 0 radical (unpaired) electrons. The average molecular weight is 416 g/mol. The molecule has 1 fully saturated rings. The Morgan fingerprint density at radius 3 is 2.88 bits per heavy atom. The van der Waals surface area contributed by atoms with E-state index >= 15 is 0 Å². The van der Waals surface area contributed by atoms with Crippen molar-refractivity contribution in [1.29, 1.82) is 0 Å². The summed E-state index contributed by atoms with van der Waals surface area (Å²) in [7, 11) is 0. The van der Waals surface area contributed by atoms with Gasteiger partial charge in [0.15, 0.2) is 0 Å². The zero-order valence-corrected chi connectivity index (χ0v) is 17.7. The number of halogens is 1. The number of piperazine rings is 1. The molecule has 1 saturated heterocycles. The number of hydrogen-bond donors (Lipinski definition) is 2. The fourth-order valence-corrected chi connectivity index (χ4v) is 4.86. The number of hydrogen-bond acceptors (Lipinski definition) is 7. The summed E-state index contributed by atoms with van der Waals surface area (Å²) >= 11 is 3.18. The van der Waals surface area contributed by atoms with Gasteiger partial charge in [0.05, 0.1) is 5.75 Å². The first-order chi connectivity index (χ1) is 12.1. The number of aromatic nitrogens is 2. The Hall–Kier alpha value is -0.930. The molecule has 1 amide bonds. The molecule has 3 heterocycles. The van der Waals surface area contributed by atoms with E-state index in [-0.39, 0.29) is 18.3 Å². The molecule has 1 aliphatic heterocycles. The van der Waals surface area contributed by atoms with Crippen molar-refractivity contribution in [3.63, 3.8) is 0 Å². The van der Waals surface area contributed by atoms with Crippen LogP contribution in [0.25, 0.3) is 10.2 Å². The van der Waals surface area contributed by atoms with Gasteiger partial charge in [-0.05, 0) is 32.4 Å². The molecule has 1 aliphatic rings. The Balaban J connectivity index is 0.00000243. The molecule has 6 nitrogen and oxygen atoms in total. The second-order valence-corrected chi connectivity index (χ2v) is 8.39. The first-order valence-corrected chi connectivity index (χ1v) is 10.5. The third kappa shape index (κ3) is 5.53. The van der Waals surface area contributed by atoms with Crippen molar-refractivity contribution in [2.45, 2.75) is 25.3 Å². The summed E-state index contributed by atoms with van der Waals surface area (Å²) in [6, 6.07) is 0. The maximum absolute atomic E-state index is 12.1. The number of carbonyl (C=O) groups is 1. The Morgan fingerprint density at radius 2 is 2.12 bits per heavy atom. The standard InChI is InChI=1S/C17H25N5OS2.ClH/c1-12-13(2)25-17-15(12)16(20-11-21-17)24-10-14(23)19-4-3-7-22-8-5-18-6-9-22;/h11,18H,3-10H2,1-2H3,(H,19,23);1H. The van der Waals surface area contributed by atoms with Crippen molar-refractivity contribution in [3.8, 4) is 0 Å². The number of amides is 1. The van der Waals surface area contributed by atoms with Gasteiger partial charge in [-0.15, -0.1) is 23.7 Å². The third-order valence-corrected chi connectivity index (χ3v) is 6.56. The van der Waals surface area contributed by atoms with Crippen LogP contribution in [0.1, 0.15) is 16.9 Å². The van der Waals surface area contributed by atoms with Gasteiger partial charge in [-0.1, -0.05) is 11.8 Å². The van der Waals surface area contributed by atoms with Crippen LogP contribution in [0.15, 0.2) is 11.4 Å². The zero-order chi connectivity index (χ0) is 17.6. The molecule has 0 saturated carbocycles. The molecule has 2 aromatic heterocycles. The average Bonchev–Trinajstić information content (AvgIpc) is 2.93. The second kappa shape index (κ2) is 10.4. The molecule has 0 atom stereocenters. The third-order valence-electron chi connectivity index (χ3n) is 4.45. The van der Waals surface area contributed by atoms with Gasteiger partial charge in [0, 0.05) is 43.0 Å². The Morgan fingerprint density at radius 1 is 1.35 bits per heavy atom. The molecular weight excluding hydrogens is 390 g/mol. The number of fused-ring (bicyclic) bond motifs is 1. The smallest absolute Gasteiger partial charge is 0.230 e. The van der Waals surface area contributed by atoms with Crippen LogP contribution in [0.4, 0.5) is 0 Å². The van der Waals surface area contributed by atoms with Crippen LogP contribution in [-0.2, 0) is 4.79 Å². The molecule has 0 aromatic carbocycles. The van der Waals surface area contributed by atoms with Crippen molar-refractivity contribution >= 4 is 51.6 Å². The van der Waals surface area contributed by atoms with Crippen LogP contribution in [0.5, 0.6) is 0 Å². The molecular formula is C17H26ClN5OS2. The van der Waals surface area contributed by atoms with E-state index < -0.39 is 0 Å². The fourth-order valence-electron chi connectivity index (χ4n) is 2.91. The number of carbonyl (C=O) groups excluding carboxylic acids is 1. The highest BCUT2D eigenvalue weighted by Crippen LogP contribution is 2.34. The van der Waals surface area contributed by atoms with Crippen LogP contribution in [0, 0.1) is 13.8 Å². The lowest BCUT2D eigenvalue weighted by atomic mass is 10.2. The minimum Gasteiger partial charge on any atom is -0.355 e. The van der Waals surface area contributed by atoms with Gasteiger partial charge in [0.2, 0.25) is 5.91 Å². The highest BCUT2D eigenvalue weighted by molar-refractivity contribution is 8.00. The first kappa shape index (κ1) is 21.4. The number of rotatable bonds is 7. The van der Waals surface area contributed by atoms with Gasteiger partial charge >= 0.3 is 0 Å². The van der Waals surface area contributed by atoms with E-state index in [1.165, 1.54) is 22.2 Å². The van der Waals surface area contributed by atoms with E-state index in [1.807, 2.05) is 0 Å². The lowest BCUT2D eigenvalue weighted by Gasteiger charge is -2.27. The van der Waals surface area contributed by atoms with Gasteiger partial charge in [0.1, 0.15) is 16.2 Å². The molecule has 3 rings (SSSR count). The summed E-state index contributed by atoms with van der Waals surface area (Å²) in [5, 5.41) is 8.37. The summed E-state index contributed by atoms with van der Waals surface area (Å²) in [5.74, 6) is 0.468. The van der Waals surface area contributed by atoms with E-state index in [1.54, 1.807) is 17.7 Å². The SMILES string of the molecule is Cc1sc2ncnc(SCC(=O)NCCCN3CCNCC3)c2c1C.Cl. The van der Waals surface area contributed by atoms with Crippen LogP contribution in [-0.4, -0.2) is 65.8 Å². The van der Waals surface area contributed by atoms with E-state index in [4.69, 9.17) is 0 Å². The Labute approximate surface area is 168 Å². The number of aryl methyl sites for hydroxylation is 2. The van der Waals surface area contributed by atoms with Crippen LogP contribution >= 0.6 is 35.5 Å². The zero-order valence-electron chi connectivity index (χ0n) is 15.2. The van der Waals surface area contributed by atoms with E-state index in [0.717, 1.165) is 60.9 Å². The van der Waals surface area contributed by atoms with Gasteiger partial charge in [-0.2, -0.15) is 0 Å². The predicted octanol–water partition coefficient (Wildman–Crippen LogP) is 2.23. The Bertz CT molecular complexity index is 733. The molecule has 9 heteroatoms. The predicted molar refractivity (Wildman–Crippen MR) is 112 cm³/mol. The molecule has 26 heavy (non-hydrogen) atoms. The topological polar surface area (TPSA) is 70.2 Å². The second-order valence-electron chi connectivity index (χ2n) is 6.23. The largest absolute Gasteiger partial charge is 0.355 e. The summed E-state index contributed by atoms with van der Waals surface area (Å²) < 4.78 is 0. The van der Waals surface area contributed by atoms with E-state index in [0.29, 0.717) is 5.75 Å². The molecule has 0 aliphatic carbocycles. The van der Waals surface area contributed by atoms with Crippen LogP contribution in [0.2, 0.25) is 0 Å². The molecule has 0 unspecified atom stereocenters. The molecule has 0 spiro atoms. The highest BCUT2D eigenvalue weighted by Gasteiger charge is 2.14. The minimum atomic E-state index is 0. The van der Waals surface area contributed by atoms with Crippen molar-refractivity contribution in [2.24, 2.45) is 0 Å². The van der Waals surface area contributed by atoms with E-state index in [9.17, 15) is 4.79 Å². The number of thioether (sulfide) groups is 1. The fraction of sp³-hybridized carbons (Fsp3) is 0.588. The van der Waals surface area contributed by atoms with Gasteiger partial charge < -0.3 is 15.5 Å². The van der Waals surface area contributed by atoms with Crippen molar-refractivity contribution in [2.75, 3.05) is 45.0 Å². The number of nitrogens with one attached hydrogen (secondary N) is 2. The summed E-state index contributed by atoms with van der Waals surface area (Å²) in [6.07, 6.45) is 2.59. The van der Waals surface area contributed by atoms with Gasteiger partial charge in [-0.3, -0.25) is 4.79 Å². The molecule has 0 bridgehead atoms. The summed E-state index contributed by atoms with van der Waals surface area (Å²) in [5.41, 5.74) is 1.22. The number of thiophene rings is 1. The monoisotopic (exact) mass is 415 g/mol. The van der Waals surface area contributed by atoms with Gasteiger partial charge in [-0.25, -0.2) is 9.97 Å². The van der Waals surface area contributed by atoms with Crippen LogP contribution < -0.4 is 10.6 Å². The normalized spacial score (nSPS) is 15.0. The molecule has 2 aromatic rings. The van der Waals surface area contributed by atoms with Gasteiger partial charge in [0.25, 0.3) is 0 Å². The minimum absolute atomic E-state index is 0. The molecule has 144 valence electrons. The lowest BCUT2D eigenvalue weighted by Crippen LogP contribution is -2.44. The first-order valence-electron chi connectivity index (χ1n) is 8.68. The van der Waals surface area contributed by atoms with Crippen molar-refractivity contribution < 1.29 is 4.79 Å². The molecule has 2 N–H and O–H groups in total. The number of nitrogens with zero attached hydrogens (tertiary/aromatic N) is 3. The van der Waals surface area contributed by atoms with Crippen molar-refractivity contribution in [3.05, 3.63) is 16.8 Å². The quantitative estimate of drug-likeness (QED) is 0.410. The van der Waals surface area contributed by atoms with E-state index in [2.05, 4.69) is 39.3 Å². The van der Waals surface area contributed by atoms with Crippen molar-refractivity contribution in [1.82, 2.24) is 25.5 Å². The summed E-state index contributed by atoms with van der Waals surface area (Å²) in [6.45, 7) is 10.3. The van der Waals surface area contributed by atoms with Crippen LogP contribution in [0.3, 0.4) is 0 Å². The highest BCUT2D eigenvalue weighted by atomic mass is 35.5. The summed E-state index contributed by atoms with van der Waals surface area (Å²) in [4.78, 5) is 25.5. The maximum atomic E-state index is 12.1. The maximum Gasteiger partial charge on any atom is 0.230 e. The Kier molecular flexibility index (Phi) is 8.56. The lowest BCUT2D eigenvalue weighted by molar-refractivity contribution is -0.118.